The van der Waals surface area contributed by atoms with Gasteiger partial charge in [-0.15, -0.1) is 0 Å². The Morgan fingerprint density at radius 1 is 1.29 bits per heavy atom. The molecule has 2 heterocycles. The molecular weight excluding hydrogens is 304 g/mol. The molecule has 1 aromatic carbocycles. The summed E-state index contributed by atoms with van der Waals surface area (Å²) < 4.78 is 7.50. The zero-order chi connectivity index (χ0) is 16.7. The van der Waals surface area contributed by atoms with E-state index >= 15 is 0 Å². The van der Waals surface area contributed by atoms with Gasteiger partial charge in [-0.3, -0.25) is 4.57 Å². The van der Waals surface area contributed by atoms with Crippen molar-refractivity contribution in [2.45, 2.75) is 25.8 Å². The standard InChI is InChI=1S/C18H18N4O2/c1-11-10-22(18(23)21-12-2-3-12)16-5-4-13(8-15(11)16)24-14-6-7-20-17(19)9-14/h4-10,12H,2-3H2,1H3,(H2,19,20)(H,21,23). The third-order valence-electron chi connectivity index (χ3n) is 4.09. The van der Waals surface area contributed by atoms with Gasteiger partial charge in [-0.05, 0) is 49.6 Å². The van der Waals surface area contributed by atoms with Gasteiger partial charge in [0, 0.05) is 29.9 Å². The predicted octanol–water partition coefficient (Wildman–Crippen LogP) is 3.44. The van der Waals surface area contributed by atoms with Crippen LogP contribution in [0.1, 0.15) is 18.4 Å². The molecule has 122 valence electrons. The van der Waals surface area contributed by atoms with Gasteiger partial charge in [0.05, 0.1) is 5.52 Å². The van der Waals surface area contributed by atoms with E-state index in [1.807, 2.05) is 31.3 Å². The molecule has 1 saturated carbocycles. The molecule has 3 aromatic rings. The normalized spacial score (nSPS) is 13.9. The van der Waals surface area contributed by atoms with E-state index < -0.39 is 0 Å². The number of benzene rings is 1. The van der Waals surface area contributed by atoms with Crippen molar-refractivity contribution < 1.29 is 9.53 Å². The van der Waals surface area contributed by atoms with Crippen molar-refractivity contribution >= 4 is 22.8 Å². The highest BCUT2D eigenvalue weighted by molar-refractivity contribution is 5.94. The van der Waals surface area contributed by atoms with Gasteiger partial charge >= 0.3 is 6.03 Å². The van der Waals surface area contributed by atoms with E-state index in [-0.39, 0.29) is 6.03 Å². The van der Waals surface area contributed by atoms with Crippen LogP contribution in [0.2, 0.25) is 0 Å². The second-order valence-electron chi connectivity index (χ2n) is 6.10. The molecule has 0 radical (unpaired) electrons. The van der Waals surface area contributed by atoms with Crippen LogP contribution in [-0.4, -0.2) is 21.6 Å². The lowest BCUT2D eigenvalue weighted by Crippen LogP contribution is -2.29. The van der Waals surface area contributed by atoms with Gasteiger partial charge in [-0.25, -0.2) is 9.78 Å². The number of hydrogen-bond acceptors (Lipinski definition) is 4. The molecule has 6 nitrogen and oxygen atoms in total. The summed E-state index contributed by atoms with van der Waals surface area (Å²) in [7, 11) is 0. The summed E-state index contributed by atoms with van der Waals surface area (Å²) in [5.41, 5.74) is 7.56. The molecule has 24 heavy (non-hydrogen) atoms. The number of rotatable bonds is 3. The fraction of sp³-hybridized carbons (Fsp3) is 0.222. The Hall–Kier alpha value is -3.02. The van der Waals surface area contributed by atoms with Gasteiger partial charge in [-0.1, -0.05) is 0 Å². The van der Waals surface area contributed by atoms with Crippen LogP contribution in [-0.2, 0) is 0 Å². The monoisotopic (exact) mass is 322 g/mol. The number of hydrogen-bond donors (Lipinski definition) is 2. The molecule has 1 aliphatic rings. The number of pyridine rings is 1. The second kappa shape index (κ2) is 5.56. The predicted molar refractivity (Wildman–Crippen MR) is 92.4 cm³/mol. The lowest BCUT2D eigenvalue weighted by atomic mass is 10.2. The third-order valence-corrected chi connectivity index (χ3v) is 4.09. The van der Waals surface area contributed by atoms with Crippen LogP contribution in [0.25, 0.3) is 10.9 Å². The van der Waals surface area contributed by atoms with Gasteiger partial charge < -0.3 is 15.8 Å². The van der Waals surface area contributed by atoms with Crippen molar-refractivity contribution in [3.05, 3.63) is 48.3 Å². The Morgan fingerprint density at radius 2 is 2.08 bits per heavy atom. The van der Waals surface area contributed by atoms with Crippen molar-refractivity contribution in [2.75, 3.05) is 5.73 Å². The van der Waals surface area contributed by atoms with E-state index in [0.29, 0.717) is 23.4 Å². The van der Waals surface area contributed by atoms with Crippen molar-refractivity contribution in [3.63, 3.8) is 0 Å². The lowest BCUT2D eigenvalue weighted by molar-refractivity contribution is 0.243. The summed E-state index contributed by atoms with van der Waals surface area (Å²) in [6, 6.07) is 9.35. The van der Waals surface area contributed by atoms with Crippen LogP contribution in [0.15, 0.2) is 42.7 Å². The minimum atomic E-state index is -0.0776. The summed E-state index contributed by atoms with van der Waals surface area (Å²) in [5, 5.41) is 3.99. The zero-order valence-electron chi connectivity index (χ0n) is 13.3. The molecule has 1 fully saturated rings. The first-order valence-corrected chi connectivity index (χ1v) is 7.92. The molecule has 1 aliphatic carbocycles. The number of carbonyl (C=O) groups is 1. The Bertz CT molecular complexity index is 928. The SMILES string of the molecule is Cc1cn(C(=O)NC2CC2)c2ccc(Oc3ccnc(N)c3)cc12. The lowest BCUT2D eigenvalue weighted by Gasteiger charge is -2.08. The van der Waals surface area contributed by atoms with Gasteiger partial charge in [0.15, 0.2) is 0 Å². The molecule has 0 aliphatic heterocycles. The zero-order valence-corrected chi connectivity index (χ0v) is 13.3. The average Bonchev–Trinajstić information content (AvgIpc) is 3.30. The number of fused-ring (bicyclic) bond motifs is 1. The highest BCUT2D eigenvalue weighted by Gasteiger charge is 2.24. The molecule has 0 spiro atoms. The number of aromatic nitrogens is 2. The van der Waals surface area contributed by atoms with Crippen molar-refractivity contribution in [2.24, 2.45) is 0 Å². The molecule has 0 bridgehead atoms. The summed E-state index contributed by atoms with van der Waals surface area (Å²) in [6.07, 6.45) is 5.59. The maximum absolute atomic E-state index is 12.3. The van der Waals surface area contributed by atoms with E-state index in [1.54, 1.807) is 22.9 Å². The average molecular weight is 322 g/mol. The summed E-state index contributed by atoms with van der Waals surface area (Å²) in [6.45, 7) is 1.98. The summed E-state index contributed by atoms with van der Waals surface area (Å²) in [5.74, 6) is 1.73. The van der Waals surface area contributed by atoms with Crippen LogP contribution in [0, 0.1) is 6.92 Å². The maximum Gasteiger partial charge on any atom is 0.326 e. The van der Waals surface area contributed by atoms with E-state index in [1.165, 1.54) is 0 Å². The van der Waals surface area contributed by atoms with Gasteiger partial charge in [0.25, 0.3) is 0 Å². The molecular formula is C18H18N4O2. The molecule has 0 atom stereocenters. The second-order valence-corrected chi connectivity index (χ2v) is 6.10. The van der Waals surface area contributed by atoms with Crippen LogP contribution < -0.4 is 15.8 Å². The third kappa shape index (κ3) is 2.78. The van der Waals surface area contributed by atoms with Crippen LogP contribution >= 0.6 is 0 Å². The highest BCUT2D eigenvalue weighted by Crippen LogP contribution is 2.29. The number of anilines is 1. The molecule has 1 amide bonds. The maximum atomic E-state index is 12.3. The van der Waals surface area contributed by atoms with Crippen molar-refractivity contribution in [1.29, 1.82) is 0 Å². The number of aryl methyl sites for hydroxylation is 1. The first-order chi connectivity index (χ1) is 11.6. The number of nitrogen functional groups attached to an aromatic ring is 1. The molecule has 6 heteroatoms. The van der Waals surface area contributed by atoms with Crippen molar-refractivity contribution in [1.82, 2.24) is 14.9 Å². The molecule has 0 unspecified atom stereocenters. The van der Waals surface area contributed by atoms with E-state index in [2.05, 4.69) is 10.3 Å². The Balaban J connectivity index is 1.65. The van der Waals surface area contributed by atoms with Gasteiger partial charge in [-0.2, -0.15) is 0 Å². The number of amides is 1. The molecule has 0 saturated heterocycles. The molecule has 4 rings (SSSR count). The molecule has 2 aromatic heterocycles. The van der Waals surface area contributed by atoms with Gasteiger partial charge in [0.1, 0.15) is 17.3 Å². The van der Waals surface area contributed by atoms with Crippen molar-refractivity contribution in [3.8, 4) is 11.5 Å². The van der Waals surface area contributed by atoms with E-state index in [9.17, 15) is 4.79 Å². The van der Waals surface area contributed by atoms with Crippen LogP contribution in [0.5, 0.6) is 11.5 Å². The fourth-order valence-electron chi connectivity index (χ4n) is 2.70. The topological polar surface area (TPSA) is 82.2 Å². The Labute approximate surface area is 139 Å². The van der Waals surface area contributed by atoms with E-state index in [0.717, 1.165) is 29.3 Å². The van der Waals surface area contributed by atoms with Crippen LogP contribution in [0.3, 0.4) is 0 Å². The summed E-state index contributed by atoms with van der Waals surface area (Å²) >= 11 is 0. The van der Waals surface area contributed by atoms with Crippen LogP contribution in [0.4, 0.5) is 10.6 Å². The molecule has 3 N–H and O–H groups in total. The minimum Gasteiger partial charge on any atom is -0.457 e. The quantitative estimate of drug-likeness (QED) is 0.774. The number of nitrogens with two attached hydrogens (primary N) is 1. The smallest absolute Gasteiger partial charge is 0.326 e. The fourth-order valence-corrected chi connectivity index (χ4v) is 2.70. The number of nitrogens with one attached hydrogen (secondary N) is 1. The number of carbonyl (C=O) groups excluding carboxylic acids is 1. The Morgan fingerprint density at radius 3 is 2.83 bits per heavy atom. The summed E-state index contributed by atoms with van der Waals surface area (Å²) in [4.78, 5) is 16.3. The highest BCUT2D eigenvalue weighted by atomic mass is 16.5. The first kappa shape index (κ1) is 14.6. The number of ether oxygens (including phenoxy) is 1. The minimum absolute atomic E-state index is 0.0776. The van der Waals surface area contributed by atoms with Gasteiger partial charge in [0.2, 0.25) is 0 Å². The number of nitrogens with zero attached hydrogens (tertiary/aromatic N) is 2. The van der Waals surface area contributed by atoms with E-state index in [4.69, 9.17) is 10.5 Å². The Kier molecular flexibility index (Phi) is 3.37. The first-order valence-electron chi connectivity index (χ1n) is 7.92. The largest absolute Gasteiger partial charge is 0.457 e.